The van der Waals surface area contributed by atoms with Gasteiger partial charge in [-0.15, -0.1) is 0 Å². The summed E-state index contributed by atoms with van der Waals surface area (Å²) < 4.78 is 5.50. The lowest BCUT2D eigenvalue weighted by atomic mass is 9.60. The first-order valence-electron chi connectivity index (χ1n) is 15.0. The van der Waals surface area contributed by atoms with Gasteiger partial charge in [0.05, 0.1) is 6.61 Å². The zero-order valence-electron chi connectivity index (χ0n) is 27.6. The van der Waals surface area contributed by atoms with Gasteiger partial charge in [0.1, 0.15) is 0 Å². The molecule has 0 spiro atoms. The molecule has 2 heterocycles. The van der Waals surface area contributed by atoms with Crippen molar-refractivity contribution in [3.05, 3.63) is 85.5 Å². The number of benzene rings is 3. The second kappa shape index (κ2) is 14.2. The molecule has 0 unspecified atom stereocenters. The molecule has 10 heteroatoms. The van der Waals surface area contributed by atoms with Crippen molar-refractivity contribution in [1.82, 2.24) is 0 Å². The van der Waals surface area contributed by atoms with Crippen LogP contribution in [0.25, 0.3) is 0 Å². The Hall–Kier alpha value is -3.30. The minimum Gasteiger partial charge on any atom is -0.446 e. The molecule has 0 aliphatic carbocycles. The fraction of sp³-hybridized carbons (Fsp3) is 0.382. The molecule has 0 aromatic heterocycles. The average Bonchev–Trinajstić information content (AvgIpc) is 3.50. The summed E-state index contributed by atoms with van der Waals surface area (Å²) in [5.74, 6) is 0.217. The molecule has 2 aliphatic heterocycles. The van der Waals surface area contributed by atoms with Crippen molar-refractivity contribution < 1.29 is 34.1 Å². The lowest BCUT2D eigenvalue weighted by Gasteiger charge is -2.17. The van der Waals surface area contributed by atoms with Crippen molar-refractivity contribution in [1.29, 1.82) is 0 Å². The van der Waals surface area contributed by atoms with Gasteiger partial charge in [0.15, 0.2) is 17.3 Å². The van der Waals surface area contributed by atoms with Crippen molar-refractivity contribution >= 4 is 54.7 Å². The first-order valence-corrected chi connectivity index (χ1v) is 15.0. The Balaban J connectivity index is 0.000000181. The molecular formula is C34H43B3O7. The van der Waals surface area contributed by atoms with E-state index >= 15 is 0 Å². The van der Waals surface area contributed by atoms with E-state index in [1.165, 1.54) is 23.5 Å². The van der Waals surface area contributed by atoms with E-state index in [4.69, 9.17) is 14.7 Å². The number of hydrogen-bond donors (Lipinski definition) is 3. The monoisotopic (exact) mass is 596 g/mol. The zero-order chi connectivity index (χ0) is 33.2. The second-order valence-electron chi connectivity index (χ2n) is 12.0. The summed E-state index contributed by atoms with van der Waals surface area (Å²) in [5, 5.41) is 28.0. The fourth-order valence-electron chi connectivity index (χ4n) is 6.45. The second-order valence-corrected chi connectivity index (χ2v) is 12.0. The van der Waals surface area contributed by atoms with Gasteiger partial charge in [-0.2, -0.15) is 0 Å². The third-order valence-corrected chi connectivity index (χ3v) is 9.13. The van der Waals surface area contributed by atoms with Crippen LogP contribution in [0.1, 0.15) is 96.4 Å². The summed E-state index contributed by atoms with van der Waals surface area (Å²) in [6.07, 6.45) is 1.72. The van der Waals surface area contributed by atoms with Crippen LogP contribution < -0.4 is 16.4 Å². The topological polar surface area (TPSA) is 121 Å². The maximum absolute atomic E-state index is 11.7. The minimum atomic E-state index is -1.48. The van der Waals surface area contributed by atoms with Gasteiger partial charge in [0.25, 0.3) is 0 Å². The standard InChI is InChI=1S/C13H17BO2.C11H13BO2.C10H13BO3/c1-7-8(2)12(10(4)15)9(3)13-11(7)5-6-14(13)16;1-7-4-11-9(6-14-12(11)3)5-10(7)8(2)13;1-6-7(2)10(11(13)14)5-4-9(6)8(3)12/h16H,5-6H2,1-4H3;4-5H,6H2,1-3H3;4-5,13-14H,1-3H3. The largest absolute Gasteiger partial charge is 0.488 e. The van der Waals surface area contributed by atoms with Gasteiger partial charge in [-0.3, -0.25) is 14.4 Å². The highest BCUT2D eigenvalue weighted by Gasteiger charge is 2.31. The van der Waals surface area contributed by atoms with E-state index in [0.29, 0.717) is 17.6 Å². The molecular weight excluding hydrogens is 553 g/mol. The quantitative estimate of drug-likeness (QED) is 0.313. The van der Waals surface area contributed by atoms with Gasteiger partial charge in [-0.05, 0) is 142 Å². The van der Waals surface area contributed by atoms with Crippen LogP contribution in [0.4, 0.5) is 0 Å². The molecule has 0 bridgehead atoms. The lowest BCUT2D eigenvalue weighted by Crippen LogP contribution is -2.33. The van der Waals surface area contributed by atoms with Gasteiger partial charge in [-0.25, -0.2) is 0 Å². The van der Waals surface area contributed by atoms with Crippen LogP contribution in [0.5, 0.6) is 0 Å². The predicted molar refractivity (Wildman–Crippen MR) is 180 cm³/mol. The fourth-order valence-corrected chi connectivity index (χ4v) is 6.45. The molecule has 2 aliphatic rings. The maximum atomic E-state index is 11.7. The summed E-state index contributed by atoms with van der Waals surface area (Å²) in [6.45, 7) is 18.7. The predicted octanol–water partition coefficient (Wildman–Crippen LogP) is 3.30. The summed E-state index contributed by atoms with van der Waals surface area (Å²) >= 11 is 0. The molecule has 3 N–H and O–H groups in total. The molecule has 0 atom stereocenters. The van der Waals surface area contributed by atoms with E-state index in [9.17, 15) is 19.4 Å². The first-order chi connectivity index (χ1) is 20.5. The molecule has 44 heavy (non-hydrogen) atoms. The first kappa shape index (κ1) is 35.2. The van der Waals surface area contributed by atoms with Crippen LogP contribution in [-0.2, 0) is 17.7 Å². The summed E-state index contributed by atoms with van der Waals surface area (Å²) in [7, 11) is -1.48. The molecule has 7 nitrogen and oxygen atoms in total. The van der Waals surface area contributed by atoms with Crippen LogP contribution in [0.2, 0.25) is 13.1 Å². The van der Waals surface area contributed by atoms with E-state index < -0.39 is 7.12 Å². The Morgan fingerprint density at radius 3 is 1.95 bits per heavy atom. The third-order valence-electron chi connectivity index (χ3n) is 9.13. The number of rotatable bonds is 4. The van der Waals surface area contributed by atoms with E-state index in [0.717, 1.165) is 62.7 Å². The van der Waals surface area contributed by atoms with Gasteiger partial charge in [0.2, 0.25) is 0 Å². The van der Waals surface area contributed by atoms with E-state index in [-0.39, 0.29) is 31.2 Å². The van der Waals surface area contributed by atoms with Crippen molar-refractivity contribution in [2.75, 3.05) is 0 Å². The summed E-state index contributed by atoms with van der Waals surface area (Å²) in [4.78, 5) is 34.1. The van der Waals surface area contributed by atoms with Gasteiger partial charge in [-0.1, -0.05) is 25.0 Å². The van der Waals surface area contributed by atoms with Crippen molar-refractivity contribution in [2.45, 2.75) is 88.5 Å². The Labute approximate surface area is 262 Å². The van der Waals surface area contributed by atoms with Crippen LogP contribution >= 0.6 is 0 Å². The van der Waals surface area contributed by atoms with Gasteiger partial charge < -0.3 is 19.7 Å². The SMILES string of the molecule is CB1OCc2cc(C(C)=O)c(C)cc21.CC(=O)c1c(C)c(C)c2c(c1C)B(O)CC2.CC(=O)c1ccc(B(O)O)c(C)c1C. The van der Waals surface area contributed by atoms with E-state index in [1.54, 1.807) is 39.8 Å². The number of carbonyl (C=O) groups is 3. The molecule has 0 radical (unpaired) electrons. The summed E-state index contributed by atoms with van der Waals surface area (Å²) in [5.41, 5.74) is 13.2. The van der Waals surface area contributed by atoms with Crippen molar-refractivity contribution in [3.8, 4) is 0 Å². The van der Waals surface area contributed by atoms with E-state index in [2.05, 4.69) is 13.0 Å². The molecule has 0 fully saturated rings. The normalized spacial score (nSPS) is 12.9. The highest BCUT2D eigenvalue weighted by atomic mass is 16.4. The van der Waals surface area contributed by atoms with Crippen LogP contribution in [0.3, 0.4) is 0 Å². The Morgan fingerprint density at radius 2 is 1.41 bits per heavy atom. The average molecular weight is 596 g/mol. The van der Waals surface area contributed by atoms with Crippen LogP contribution in [-0.4, -0.2) is 53.4 Å². The van der Waals surface area contributed by atoms with Crippen LogP contribution in [0.15, 0.2) is 24.3 Å². The number of hydrogen-bond acceptors (Lipinski definition) is 7. The molecule has 0 saturated carbocycles. The molecule has 0 saturated heterocycles. The molecule has 230 valence electrons. The third kappa shape index (κ3) is 7.15. The number of fused-ring (bicyclic) bond motifs is 2. The number of ketones is 3. The molecule has 0 amide bonds. The highest BCUT2D eigenvalue weighted by Crippen LogP contribution is 2.26. The Bertz CT molecular complexity index is 1630. The molecule has 5 rings (SSSR count). The summed E-state index contributed by atoms with van der Waals surface area (Å²) in [6, 6.07) is 7.24. The Morgan fingerprint density at radius 1 is 0.795 bits per heavy atom. The number of Topliss-reactive ketones (excluding diaryl/α,β-unsaturated/α-hetero) is 3. The Kier molecular flexibility index (Phi) is 11.4. The smallest absolute Gasteiger partial charge is 0.446 e. The molecule has 3 aromatic carbocycles. The van der Waals surface area contributed by atoms with Crippen LogP contribution in [0, 0.1) is 41.5 Å². The molecule has 3 aromatic rings. The van der Waals surface area contributed by atoms with Crippen molar-refractivity contribution in [3.63, 3.8) is 0 Å². The number of aryl methyl sites for hydroxylation is 1. The van der Waals surface area contributed by atoms with Gasteiger partial charge in [0, 0.05) is 16.7 Å². The number of carbonyl (C=O) groups excluding carboxylic acids is 3. The van der Waals surface area contributed by atoms with Gasteiger partial charge >= 0.3 is 20.9 Å². The maximum Gasteiger partial charge on any atom is 0.488 e. The minimum absolute atomic E-state index is 0.00965. The highest BCUT2D eigenvalue weighted by molar-refractivity contribution is 6.69. The lowest BCUT2D eigenvalue weighted by molar-refractivity contribution is 0.100. The zero-order valence-corrected chi connectivity index (χ0v) is 27.6. The van der Waals surface area contributed by atoms with E-state index in [1.807, 2.05) is 33.7 Å². The van der Waals surface area contributed by atoms with Crippen molar-refractivity contribution in [2.24, 2.45) is 0 Å².